The highest BCUT2D eigenvalue weighted by atomic mass is 16.5. The van der Waals surface area contributed by atoms with Crippen LogP contribution < -0.4 is 0 Å². The zero-order chi connectivity index (χ0) is 13.2. The first-order valence-corrected chi connectivity index (χ1v) is 6.50. The van der Waals surface area contributed by atoms with Gasteiger partial charge in [0.15, 0.2) is 5.78 Å². The second-order valence-corrected chi connectivity index (χ2v) is 4.95. The van der Waals surface area contributed by atoms with Crippen LogP contribution in [0, 0.1) is 5.92 Å². The lowest BCUT2D eigenvalue weighted by Crippen LogP contribution is -2.14. The van der Waals surface area contributed by atoms with Gasteiger partial charge in [-0.2, -0.15) is 5.10 Å². The van der Waals surface area contributed by atoms with E-state index in [1.807, 2.05) is 37.3 Å². The molecule has 0 aliphatic carbocycles. The Morgan fingerprint density at radius 1 is 1.37 bits per heavy atom. The smallest absolute Gasteiger partial charge is 0.171 e. The lowest BCUT2D eigenvalue weighted by molar-refractivity contribution is 0.0877. The number of ketones is 1. The van der Waals surface area contributed by atoms with Crippen molar-refractivity contribution in [2.75, 3.05) is 6.61 Å². The third-order valence-corrected chi connectivity index (χ3v) is 3.46. The highest BCUT2D eigenvalue weighted by molar-refractivity contribution is 5.97. The molecule has 4 heteroatoms. The van der Waals surface area contributed by atoms with Gasteiger partial charge in [0.05, 0.1) is 30.2 Å². The van der Waals surface area contributed by atoms with Crippen molar-refractivity contribution in [1.29, 1.82) is 0 Å². The fraction of sp³-hybridized carbons (Fsp3) is 0.333. The molecule has 0 saturated carbocycles. The van der Waals surface area contributed by atoms with Gasteiger partial charge in [-0.05, 0) is 25.5 Å². The minimum atomic E-state index is -0.0246. The fourth-order valence-electron chi connectivity index (χ4n) is 2.41. The largest absolute Gasteiger partial charge is 0.378 e. The molecule has 3 rings (SSSR count). The number of aromatic nitrogens is 2. The minimum Gasteiger partial charge on any atom is -0.378 e. The summed E-state index contributed by atoms with van der Waals surface area (Å²) in [5.41, 5.74) is 1.61. The summed E-state index contributed by atoms with van der Waals surface area (Å²) in [6.07, 6.45) is 4.41. The van der Waals surface area contributed by atoms with Gasteiger partial charge < -0.3 is 4.74 Å². The van der Waals surface area contributed by atoms with Crippen LogP contribution in [0.1, 0.15) is 23.7 Å². The average Bonchev–Trinajstić information content (AvgIpc) is 3.08. The molecule has 2 heterocycles. The van der Waals surface area contributed by atoms with Gasteiger partial charge in [-0.15, -0.1) is 0 Å². The number of para-hydroxylation sites is 1. The lowest BCUT2D eigenvalue weighted by Gasteiger charge is -2.03. The van der Waals surface area contributed by atoms with E-state index < -0.39 is 0 Å². The molecule has 0 radical (unpaired) electrons. The molecule has 0 spiro atoms. The van der Waals surface area contributed by atoms with Crippen LogP contribution in [0.4, 0.5) is 0 Å². The molecule has 2 atom stereocenters. The van der Waals surface area contributed by atoms with Gasteiger partial charge in [0, 0.05) is 12.1 Å². The van der Waals surface area contributed by atoms with Gasteiger partial charge in [0.25, 0.3) is 0 Å². The Balaban J connectivity index is 1.80. The molecular formula is C15H16N2O2. The van der Waals surface area contributed by atoms with Crippen molar-refractivity contribution in [3.63, 3.8) is 0 Å². The van der Waals surface area contributed by atoms with Crippen LogP contribution in [-0.2, 0) is 4.74 Å². The second-order valence-electron chi connectivity index (χ2n) is 4.95. The van der Waals surface area contributed by atoms with Crippen LogP contribution in [0.25, 0.3) is 5.69 Å². The molecule has 1 aromatic carbocycles. The topological polar surface area (TPSA) is 44.1 Å². The molecule has 98 valence electrons. The van der Waals surface area contributed by atoms with E-state index in [0.29, 0.717) is 12.2 Å². The quantitative estimate of drug-likeness (QED) is 0.792. The van der Waals surface area contributed by atoms with E-state index in [-0.39, 0.29) is 17.8 Å². The first-order valence-electron chi connectivity index (χ1n) is 6.50. The third kappa shape index (κ3) is 2.44. The summed E-state index contributed by atoms with van der Waals surface area (Å²) in [7, 11) is 0. The second kappa shape index (κ2) is 4.97. The predicted molar refractivity (Wildman–Crippen MR) is 71.4 cm³/mol. The van der Waals surface area contributed by atoms with Crippen LogP contribution in [0.2, 0.25) is 0 Å². The molecule has 1 aromatic heterocycles. The summed E-state index contributed by atoms with van der Waals surface area (Å²) in [5.74, 6) is 0.106. The van der Waals surface area contributed by atoms with Crippen molar-refractivity contribution in [1.82, 2.24) is 9.78 Å². The Kier molecular flexibility index (Phi) is 3.17. The van der Waals surface area contributed by atoms with Crippen LogP contribution in [0.3, 0.4) is 0 Å². The SMILES string of the molecule is CC1CC(C(=O)c2cnn(-c3ccccc3)c2)CO1. The molecule has 0 N–H and O–H groups in total. The fourth-order valence-corrected chi connectivity index (χ4v) is 2.41. The maximum Gasteiger partial charge on any atom is 0.171 e. The van der Waals surface area contributed by atoms with E-state index in [4.69, 9.17) is 4.74 Å². The zero-order valence-electron chi connectivity index (χ0n) is 10.8. The summed E-state index contributed by atoms with van der Waals surface area (Å²) in [6.45, 7) is 2.52. The van der Waals surface area contributed by atoms with Crippen LogP contribution in [-0.4, -0.2) is 28.3 Å². The maximum atomic E-state index is 12.3. The van der Waals surface area contributed by atoms with Crippen molar-refractivity contribution < 1.29 is 9.53 Å². The number of nitrogens with zero attached hydrogens (tertiary/aromatic N) is 2. The first-order chi connectivity index (χ1) is 9.24. The Morgan fingerprint density at radius 3 is 2.84 bits per heavy atom. The van der Waals surface area contributed by atoms with Crippen molar-refractivity contribution >= 4 is 5.78 Å². The number of carbonyl (C=O) groups is 1. The van der Waals surface area contributed by atoms with E-state index in [2.05, 4.69) is 5.10 Å². The maximum absolute atomic E-state index is 12.3. The van der Waals surface area contributed by atoms with Crippen molar-refractivity contribution in [2.24, 2.45) is 5.92 Å². The number of benzene rings is 1. The van der Waals surface area contributed by atoms with Gasteiger partial charge in [0.1, 0.15) is 0 Å². The molecule has 19 heavy (non-hydrogen) atoms. The van der Waals surface area contributed by atoms with Gasteiger partial charge >= 0.3 is 0 Å². The molecule has 1 aliphatic rings. The lowest BCUT2D eigenvalue weighted by atomic mass is 9.97. The zero-order valence-corrected chi connectivity index (χ0v) is 10.8. The predicted octanol–water partition coefficient (Wildman–Crippen LogP) is 2.48. The number of ether oxygens (including phenoxy) is 1. The monoisotopic (exact) mass is 256 g/mol. The van der Waals surface area contributed by atoms with Crippen LogP contribution in [0.5, 0.6) is 0 Å². The number of Topliss-reactive ketones (excluding diaryl/α,β-unsaturated/α-hetero) is 1. The molecule has 2 unspecified atom stereocenters. The van der Waals surface area contributed by atoms with Gasteiger partial charge in [-0.25, -0.2) is 4.68 Å². The van der Waals surface area contributed by atoms with Crippen LogP contribution in [0.15, 0.2) is 42.7 Å². The summed E-state index contributed by atoms with van der Waals surface area (Å²) < 4.78 is 7.18. The number of hydrogen-bond acceptors (Lipinski definition) is 3. The highest BCUT2D eigenvalue weighted by Crippen LogP contribution is 2.23. The average molecular weight is 256 g/mol. The Bertz CT molecular complexity index is 577. The standard InChI is InChI=1S/C15H16N2O2/c1-11-7-12(10-19-11)15(18)13-8-16-17(9-13)14-5-3-2-4-6-14/h2-6,8-9,11-12H,7,10H2,1H3. The van der Waals surface area contributed by atoms with Crippen LogP contribution >= 0.6 is 0 Å². The van der Waals surface area contributed by atoms with E-state index >= 15 is 0 Å². The van der Waals surface area contributed by atoms with Gasteiger partial charge in [-0.3, -0.25) is 4.79 Å². The number of rotatable bonds is 3. The molecule has 1 fully saturated rings. The summed E-state index contributed by atoms with van der Waals surface area (Å²) in [4.78, 5) is 12.3. The summed E-state index contributed by atoms with van der Waals surface area (Å²) >= 11 is 0. The summed E-state index contributed by atoms with van der Waals surface area (Å²) in [5, 5.41) is 4.25. The molecular weight excluding hydrogens is 240 g/mol. The van der Waals surface area contributed by atoms with E-state index in [1.54, 1.807) is 17.1 Å². The molecule has 0 amide bonds. The molecule has 1 aliphatic heterocycles. The molecule has 0 bridgehead atoms. The molecule has 4 nitrogen and oxygen atoms in total. The molecule has 1 saturated heterocycles. The Labute approximate surface area is 112 Å². The summed E-state index contributed by atoms with van der Waals surface area (Å²) in [6, 6.07) is 9.77. The normalized spacial score (nSPS) is 22.6. The molecule has 2 aromatic rings. The van der Waals surface area contributed by atoms with Gasteiger partial charge in [0.2, 0.25) is 0 Å². The van der Waals surface area contributed by atoms with E-state index in [1.165, 1.54) is 0 Å². The third-order valence-electron chi connectivity index (χ3n) is 3.46. The Morgan fingerprint density at radius 2 is 2.16 bits per heavy atom. The highest BCUT2D eigenvalue weighted by Gasteiger charge is 2.29. The van der Waals surface area contributed by atoms with E-state index in [0.717, 1.165) is 12.1 Å². The van der Waals surface area contributed by atoms with Crippen molar-refractivity contribution in [3.8, 4) is 5.69 Å². The number of hydrogen-bond donors (Lipinski definition) is 0. The minimum absolute atomic E-state index is 0.0246. The van der Waals surface area contributed by atoms with Crippen molar-refractivity contribution in [2.45, 2.75) is 19.4 Å². The number of carbonyl (C=O) groups excluding carboxylic acids is 1. The first kappa shape index (κ1) is 12.1. The van der Waals surface area contributed by atoms with E-state index in [9.17, 15) is 4.79 Å². The van der Waals surface area contributed by atoms with Gasteiger partial charge in [-0.1, -0.05) is 18.2 Å². The van der Waals surface area contributed by atoms with Crippen molar-refractivity contribution in [3.05, 3.63) is 48.3 Å². The Hall–Kier alpha value is -1.94.